The molecule has 0 spiro atoms. The third-order valence-corrected chi connectivity index (χ3v) is 7.21. The van der Waals surface area contributed by atoms with Gasteiger partial charge in [-0.3, -0.25) is 14.4 Å². The van der Waals surface area contributed by atoms with E-state index in [-0.39, 0.29) is 43.0 Å². The van der Waals surface area contributed by atoms with Gasteiger partial charge >= 0.3 is 0 Å². The predicted octanol–water partition coefficient (Wildman–Crippen LogP) is 1.72. The van der Waals surface area contributed by atoms with Crippen LogP contribution in [0, 0.1) is 5.92 Å². The van der Waals surface area contributed by atoms with E-state index in [9.17, 15) is 19.5 Å². The number of carbonyl (C=O) groups excluding carboxylic acids is 3. The Morgan fingerprint density at radius 3 is 2.44 bits per heavy atom. The monoisotopic (exact) mass is 492 g/mol. The zero-order valence-electron chi connectivity index (χ0n) is 19.9. The Bertz CT molecular complexity index is 844. The number of hydrogen-bond acceptors (Lipinski definition) is 5. The predicted molar refractivity (Wildman–Crippen MR) is 131 cm³/mol. The molecule has 8 nitrogen and oxygen atoms in total. The zero-order valence-corrected chi connectivity index (χ0v) is 20.7. The molecule has 3 amide bonds. The average Bonchev–Trinajstić information content (AvgIpc) is 3.34. The maximum atomic E-state index is 13.5. The van der Waals surface area contributed by atoms with Crippen molar-refractivity contribution >= 4 is 29.3 Å². The van der Waals surface area contributed by atoms with Gasteiger partial charge in [-0.2, -0.15) is 0 Å². The van der Waals surface area contributed by atoms with Crippen LogP contribution < -0.4 is 11.1 Å². The second-order valence-electron chi connectivity index (χ2n) is 9.50. The lowest BCUT2D eigenvalue weighted by atomic mass is 9.92. The molecule has 0 aromatic heterocycles. The Morgan fingerprint density at radius 2 is 1.82 bits per heavy atom. The van der Waals surface area contributed by atoms with E-state index in [0.29, 0.717) is 31.0 Å². The average molecular weight is 493 g/mol. The van der Waals surface area contributed by atoms with E-state index in [4.69, 9.17) is 17.3 Å². The second-order valence-corrected chi connectivity index (χ2v) is 9.94. The van der Waals surface area contributed by atoms with E-state index < -0.39 is 12.0 Å². The summed E-state index contributed by atoms with van der Waals surface area (Å²) in [6, 6.07) is 6.50. The minimum Gasteiger partial charge on any atom is -0.396 e. The van der Waals surface area contributed by atoms with Crippen LogP contribution in [0.3, 0.4) is 0 Å². The van der Waals surface area contributed by atoms with Crippen LogP contribution in [0.25, 0.3) is 0 Å². The molecular formula is C25H37ClN4O4. The van der Waals surface area contributed by atoms with Gasteiger partial charge in [0.15, 0.2) is 0 Å². The molecule has 1 aliphatic carbocycles. The molecule has 0 radical (unpaired) electrons. The number of nitrogens with zero attached hydrogens (tertiary/aromatic N) is 2. The Hall–Kier alpha value is -2.16. The van der Waals surface area contributed by atoms with E-state index in [1.165, 1.54) is 6.42 Å². The summed E-state index contributed by atoms with van der Waals surface area (Å²) in [4.78, 5) is 42.4. The van der Waals surface area contributed by atoms with Crippen molar-refractivity contribution in [2.24, 2.45) is 11.7 Å². The summed E-state index contributed by atoms with van der Waals surface area (Å²) < 4.78 is 0. The van der Waals surface area contributed by atoms with Gasteiger partial charge in [0, 0.05) is 30.6 Å². The Labute approximate surface area is 206 Å². The number of halogens is 1. The summed E-state index contributed by atoms with van der Waals surface area (Å²) >= 11 is 5.98. The fraction of sp³-hybridized carbons (Fsp3) is 0.640. The van der Waals surface area contributed by atoms with Crippen molar-refractivity contribution in [1.29, 1.82) is 0 Å². The van der Waals surface area contributed by atoms with Crippen LogP contribution in [0.5, 0.6) is 0 Å². The van der Waals surface area contributed by atoms with Gasteiger partial charge < -0.3 is 26.0 Å². The van der Waals surface area contributed by atoms with Gasteiger partial charge in [0.25, 0.3) is 0 Å². The molecule has 1 aliphatic heterocycles. The summed E-state index contributed by atoms with van der Waals surface area (Å²) in [6.45, 7) is 2.31. The molecule has 4 N–H and O–H groups in total. The summed E-state index contributed by atoms with van der Waals surface area (Å²) in [7, 11) is 0. The quantitative estimate of drug-likeness (QED) is 0.485. The number of aliphatic hydroxyl groups excluding tert-OH is 1. The molecule has 3 atom stereocenters. The molecule has 2 fully saturated rings. The minimum absolute atomic E-state index is 0.0390. The van der Waals surface area contributed by atoms with Crippen molar-refractivity contribution < 1.29 is 19.5 Å². The molecule has 188 valence electrons. The molecular weight excluding hydrogens is 456 g/mol. The summed E-state index contributed by atoms with van der Waals surface area (Å²) in [5, 5.41) is 13.0. The third kappa shape index (κ3) is 6.71. The van der Waals surface area contributed by atoms with Crippen molar-refractivity contribution in [2.45, 2.75) is 70.0 Å². The Balaban J connectivity index is 1.74. The van der Waals surface area contributed by atoms with Gasteiger partial charge in [-0.15, -0.1) is 0 Å². The highest BCUT2D eigenvalue weighted by Gasteiger charge is 2.39. The third-order valence-electron chi connectivity index (χ3n) is 6.96. The van der Waals surface area contributed by atoms with Gasteiger partial charge in [-0.25, -0.2) is 0 Å². The molecule has 3 rings (SSSR count). The maximum absolute atomic E-state index is 13.5. The summed E-state index contributed by atoms with van der Waals surface area (Å²) in [5.41, 5.74) is 6.37. The number of carbonyl (C=O) groups is 3. The molecule has 0 unspecified atom stereocenters. The molecule has 1 saturated carbocycles. The summed E-state index contributed by atoms with van der Waals surface area (Å²) in [5.74, 6) is -1.07. The Kier molecular flexibility index (Phi) is 9.74. The van der Waals surface area contributed by atoms with E-state index in [1.54, 1.807) is 24.0 Å². The van der Waals surface area contributed by atoms with E-state index in [0.717, 1.165) is 31.2 Å². The minimum atomic E-state index is -0.744. The van der Waals surface area contributed by atoms with Gasteiger partial charge in [0.2, 0.25) is 17.7 Å². The van der Waals surface area contributed by atoms with Crippen LogP contribution in [0.15, 0.2) is 24.3 Å². The van der Waals surface area contributed by atoms with Crippen LogP contribution in [-0.4, -0.2) is 77.0 Å². The van der Waals surface area contributed by atoms with Crippen molar-refractivity contribution in [3.63, 3.8) is 0 Å². The molecule has 1 aromatic rings. The molecule has 2 aliphatic rings. The molecule has 1 saturated heterocycles. The van der Waals surface area contributed by atoms with Crippen molar-refractivity contribution in [1.82, 2.24) is 15.1 Å². The smallest absolute Gasteiger partial charge is 0.245 e. The highest BCUT2D eigenvalue weighted by atomic mass is 35.5. The molecule has 9 heteroatoms. The van der Waals surface area contributed by atoms with Crippen LogP contribution in [0.4, 0.5) is 0 Å². The second kappa shape index (κ2) is 12.5. The first-order chi connectivity index (χ1) is 16.3. The van der Waals surface area contributed by atoms with Crippen LogP contribution in [0.2, 0.25) is 5.02 Å². The van der Waals surface area contributed by atoms with Crippen LogP contribution >= 0.6 is 11.6 Å². The normalized spacial score (nSPS) is 20.6. The fourth-order valence-electron chi connectivity index (χ4n) is 5.05. The van der Waals surface area contributed by atoms with E-state index in [2.05, 4.69) is 5.32 Å². The first kappa shape index (κ1) is 26.4. The van der Waals surface area contributed by atoms with Crippen molar-refractivity contribution in [3.8, 4) is 0 Å². The van der Waals surface area contributed by atoms with E-state index in [1.807, 2.05) is 17.0 Å². The fourth-order valence-corrected chi connectivity index (χ4v) is 5.17. The first-order valence-electron chi connectivity index (χ1n) is 12.3. The van der Waals surface area contributed by atoms with E-state index >= 15 is 0 Å². The topological polar surface area (TPSA) is 116 Å². The van der Waals surface area contributed by atoms with Crippen molar-refractivity contribution in [3.05, 3.63) is 34.9 Å². The lowest BCUT2D eigenvalue weighted by Gasteiger charge is -2.40. The lowest BCUT2D eigenvalue weighted by molar-refractivity contribution is -0.143. The van der Waals surface area contributed by atoms with Crippen molar-refractivity contribution in [2.75, 3.05) is 26.2 Å². The number of benzene rings is 1. The number of hydrogen-bond donors (Lipinski definition) is 3. The van der Waals surface area contributed by atoms with Gasteiger partial charge in [-0.1, -0.05) is 49.9 Å². The number of nitrogens with two attached hydrogens (primary N) is 1. The van der Waals surface area contributed by atoms with Gasteiger partial charge in [-0.05, 0) is 37.0 Å². The number of amides is 3. The zero-order chi connectivity index (χ0) is 24.7. The maximum Gasteiger partial charge on any atom is 0.245 e. The van der Waals surface area contributed by atoms with Crippen LogP contribution in [-0.2, 0) is 20.8 Å². The highest BCUT2D eigenvalue weighted by Crippen LogP contribution is 2.29. The SMILES string of the molecule is C[C@H](CO)C(=O)N(C1CCCCC1)[C@H]1CCN(C(=O)[C@@H](Cc2ccc(Cl)cc2)NC(=O)CN)C1. The molecule has 34 heavy (non-hydrogen) atoms. The largest absolute Gasteiger partial charge is 0.396 e. The molecule has 0 bridgehead atoms. The number of aliphatic hydroxyl groups is 1. The van der Waals surface area contributed by atoms with Crippen LogP contribution in [0.1, 0.15) is 51.0 Å². The van der Waals surface area contributed by atoms with Gasteiger partial charge in [0.1, 0.15) is 6.04 Å². The first-order valence-corrected chi connectivity index (χ1v) is 12.7. The number of rotatable bonds is 9. The number of likely N-dealkylation sites (tertiary alicyclic amines) is 1. The highest BCUT2D eigenvalue weighted by molar-refractivity contribution is 6.30. The summed E-state index contributed by atoms with van der Waals surface area (Å²) in [6.07, 6.45) is 6.29. The standard InChI is InChI=1S/C25H37ClN4O4/c1-17(16-31)24(33)30(20-5-3-2-4-6-20)21-11-12-29(15-21)25(34)22(28-23(32)14-27)13-18-7-9-19(26)10-8-18/h7-10,17,20-22,31H,2-6,11-16,27H2,1H3,(H,28,32)/t17-,21+,22-/m1/s1. The lowest BCUT2D eigenvalue weighted by Crippen LogP contribution is -2.53. The Morgan fingerprint density at radius 1 is 1.15 bits per heavy atom. The molecule has 1 aromatic carbocycles. The number of nitrogens with one attached hydrogen (secondary N) is 1. The molecule has 1 heterocycles. The van der Waals surface area contributed by atoms with Gasteiger partial charge in [0.05, 0.1) is 25.1 Å².